The summed E-state index contributed by atoms with van der Waals surface area (Å²) >= 11 is 0. The first-order valence-electron chi connectivity index (χ1n) is 8.65. The molecule has 0 aromatic heterocycles. The molecule has 2 N–H and O–H groups in total. The van der Waals surface area contributed by atoms with E-state index >= 15 is 0 Å². The van der Waals surface area contributed by atoms with E-state index in [4.69, 9.17) is 9.47 Å². The molecule has 0 saturated carbocycles. The SMILES string of the molecule is CCNC(=NCc1ccc(C)c(F)c1)NCCCOC1CCOC1.I. The van der Waals surface area contributed by atoms with Crippen LogP contribution in [0.1, 0.15) is 30.9 Å². The van der Waals surface area contributed by atoms with Crippen molar-refractivity contribution >= 4 is 29.9 Å². The van der Waals surface area contributed by atoms with Crippen molar-refractivity contribution in [2.75, 3.05) is 32.9 Å². The molecule has 142 valence electrons. The first-order valence-corrected chi connectivity index (χ1v) is 8.65. The van der Waals surface area contributed by atoms with Crippen LogP contribution in [-0.4, -0.2) is 45.0 Å². The molecule has 1 aromatic carbocycles. The monoisotopic (exact) mass is 465 g/mol. The van der Waals surface area contributed by atoms with Crippen LogP contribution in [-0.2, 0) is 16.0 Å². The molecule has 25 heavy (non-hydrogen) atoms. The van der Waals surface area contributed by atoms with Crippen molar-refractivity contribution in [2.24, 2.45) is 4.99 Å². The number of rotatable bonds is 8. The fourth-order valence-electron chi connectivity index (χ4n) is 2.42. The van der Waals surface area contributed by atoms with Gasteiger partial charge in [-0.05, 0) is 43.9 Å². The number of hydrogen-bond donors (Lipinski definition) is 2. The van der Waals surface area contributed by atoms with Gasteiger partial charge in [0.1, 0.15) is 5.82 Å². The third kappa shape index (κ3) is 8.33. The molecular weight excluding hydrogens is 436 g/mol. The third-order valence-electron chi connectivity index (χ3n) is 3.86. The van der Waals surface area contributed by atoms with Gasteiger partial charge in [-0.1, -0.05) is 12.1 Å². The van der Waals surface area contributed by atoms with Gasteiger partial charge in [0, 0.05) is 26.3 Å². The summed E-state index contributed by atoms with van der Waals surface area (Å²) in [4.78, 5) is 4.50. The molecule has 0 amide bonds. The molecule has 0 bridgehead atoms. The predicted octanol–water partition coefficient (Wildman–Crippen LogP) is 3.00. The van der Waals surface area contributed by atoms with Crippen LogP contribution in [0.3, 0.4) is 0 Å². The standard InChI is InChI=1S/C18H28FN3O2.HI/c1-3-20-18(21-8-4-9-24-16-7-10-23-13-16)22-12-15-6-5-14(2)17(19)11-15;/h5-6,11,16H,3-4,7-10,12-13H2,1-2H3,(H2,20,21,22);1H. The average molecular weight is 465 g/mol. The minimum Gasteiger partial charge on any atom is -0.379 e. The number of nitrogens with zero attached hydrogens (tertiary/aromatic N) is 1. The van der Waals surface area contributed by atoms with E-state index in [0.717, 1.165) is 44.1 Å². The van der Waals surface area contributed by atoms with E-state index in [1.54, 1.807) is 19.1 Å². The number of guanidine groups is 1. The highest BCUT2D eigenvalue weighted by atomic mass is 127. The molecule has 0 spiro atoms. The molecule has 1 unspecified atom stereocenters. The molecule has 7 heteroatoms. The van der Waals surface area contributed by atoms with Crippen molar-refractivity contribution in [2.45, 2.75) is 39.3 Å². The maximum Gasteiger partial charge on any atom is 0.191 e. The lowest BCUT2D eigenvalue weighted by Gasteiger charge is -2.13. The summed E-state index contributed by atoms with van der Waals surface area (Å²) in [5.74, 6) is 0.552. The highest BCUT2D eigenvalue weighted by molar-refractivity contribution is 14.0. The van der Waals surface area contributed by atoms with Gasteiger partial charge in [0.05, 0.1) is 19.3 Å². The van der Waals surface area contributed by atoms with E-state index in [1.807, 2.05) is 13.0 Å². The van der Waals surface area contributed by atoms with E-state index in [-0.39, 0.29) is 35.9 Å². The molecule has 0 aliphatic carbocycles. The second-order valence-electron chi connectivity index (χ2n) is 5.92. The summed E-state index contributed by atoms with van der Waals surface area (Å²) in [6, 6.07) is 5.23. The molecule has 1 aliphatic heterocycles. The Labute approximate surface area is 166 Å². The second kappa shape index (κ2) is 12.4. The van der Waals surface area contributed by atoms with Gasteiger partial charge in [-0.2, -0.15) is 0 Å². The normalized spacial score (nSPS) is 17.2. The van der Waals surface area contributed by atoms with Crippen LogP contribution in [0, 0.1) is 12.7 Å². The number of hydrogen-bond acceptors (Lipinski definition) is 3. The molecule has 2 rings (SSSR count). The molecule has 1 atom stereocenters. The number of benzene rings is 1. The summed E-state index contributed by atoms with van der Waals surface area (Å²) in [7, 11) is 0. The minimum atomic E-state index is -0.186. The Hall–Kier alpha value is -0.930. The van der Waals surface area contributed by atoms with Crippen LogP contribution >= 0.6 is 24.0 Å². The smallest absolute Gasteiger partial charge is 0.191 e. The van der Waals surface area contributed by atoms with Crippen LogP contribution < -0.4 is 10.6 Å². The van der Waals surface area contributed by atoms with Crippen LogP contribution in [0.4, 0.5) is 4.39 Å². The van der Waals surface area contributed by atoms with Gasteiger partial charge in [0.15, 0.2) is 5.96 Å². The molecule has 1 fully saturated rings. The topological polar surface area (TPSA) is 54.9 Å². The quantitative estimate of drug-likeness (QED) is 0.268. The van der Waals surface area contributed by atoms with Gasteiger partial charge in [0.25, 0.3) is 0 Å². The average Bonchev–Trinajstić information content (AvgIpc) is 3.08. The van der Waals surface area contributed by atoms with E-state index < -0.39 is 0 Å². The number of ether oxygens (including phenoxy) is 2. The molecule has 0 radical (unpaired) electrons. The van der Waals surface area contributed by atoms with E-state index in [2.05, 4.69) is 15.6 Å². The summed E-state index contributed by atoms with van der Waals surface area (Å²) < 4.78 is 24.6. The van der Waals surface area contributed by atoms with Gasteiger partial charge in [-0.3, -0.25) is 0 Å². The number of aryl methyl sites for hydroxylation is 1. The van der Waals surface area contributed by atoms with Gasteiger partial charge < -0.3 is 20.1 Å². The molecule has 5 nitrogen and oxygen atoms in total. The van der Waals surface area contributed by atoms with Crippen molar-refractivity contribution in [3.63, 3.8) is 0 Å². The second-order valence-corrected chi connectivity index (χ2v) is 5.92. The molecule has 1 aliphatic rings. The van der Waals surface area contributed by atoms with Crippen LogP contribution in [0.25, 0.3) is 0 Å². The van der Waals surface area contributed by atoms with E-state index in [1.165, 1.54) is 0 Å². The summed E-state index contributed by atoms with van der Waals surface area (Å²) in [6.45, 7) is 8.02. The van der Waals surface area contributed by atoms with Crippen molar-refractivity contribution in [1.82, 2.24) is 10.6 Å². The highest BCUT2D eigenvalue weighted by Crippen LogP contribution is 2.10. The lowest BCUT2D eigenvalue weighted by Crippen LogP contribution is -2.38. The summed E-state index contributed by atoms with van der Waals surface area (Å²) in [5, 5.41) is 6.47. The fourth-order valence-corrected chi connectivity index (χ4v) is 2.42. The van der Waals surface area contributed by atoms with Crippen LogP contribution in [0.15, 0.2) is 23.2 Å². The molecule has 1 heterocycles. The summed E-state index contributed by atoms with van der Waals surface area (Å²) in [5.41, 5.74) is 1.51. The van der Waals surface area contributed by atoms with Gasteiger partial charge in [0.2, 0.25) is 0 Å². The predicted molar refractivity (Wildman–Crippen MR) is 109 cm³/mol. The zero-order valence-electron chi connectivity index (χ0n) is 15.0. The largest absolute Gasteiger partial charge is 0.379 e. The van der Waals surface area contributed by atoms with Crippen molar-refractivity contribution in [3.8, 4) is 0 Å². The number of aliphatic imine (C=N–C) groups is 1. The Kier molecular flexibility index (Phi) is 11.0. The van der Waals surface area contributed by atoms with Crippen molar-refractivity contribution in [3.05, 3.63) is 35.1 Å². The maximum absolute atomic E-state index is 13.6. The lowest BCUT2D eigenvalue weighted by atomic mass is 10.1. The Morgan fingerprint density at radius 3 is 2.92 bits per heavy atom. The summed E-state index contributed by atoms with van der Waals surface area (Å²) in [6.07, 6.45) is 2.15. The first-order chi connectivity index (χ1) is 11.7. The van der Waals surface area contributed by atoms with Gasteiger partial charge >= 0.3 is 0 Å². The number of halogens is 2. The van der Waals surface area contributed by atoms with Crippen LogP contribution in [0.5, 0.6) is 0 Å². The Bertz CT molecular complexity index is 537. The van der Waals surface area contributed by atoms with Crippen molar-refractivity contribution < 1.29 is 13.9 Å². The van der Waals surface area contributed by atoms with Gasteiger partial charge in [-0.15, -0.1) is 24.0 Å². The fraction of sp³-hybridized carbons (Fsp3) is 0.611. The third-order valence-corrected chi connectivity index (χ3v) is 3.86. The zero-order chi connectivity index (χ0) is 17.2. The van der Waals surface area contributed by atoms with E-state index in [9.17, 15) is 4.39 Å². The van der Waals surface area contributed by atoms with Crippen LogP contribution in [0.2, 0.25) is 0 Å². The Morgan fingerprint density at radius 1 is 1.40 bits per heavy atom. The molecular formula is C18H29FIN3O2. The zero-order valence-corrected chi connectivity index (χ0v) is 17.3. The number of nitrogens with one attached hydrogen (secondary N) is 2. The van der Waals surface area contributed by atoms with Crippen molar-refractivity contribution in [1.29, 1.82) is 0 Å². The van der Waals surface area contributed by atoms with Gasteiger partial charge in [-0.25, -0.2) is 9.38 Å². The van der Waals surface area contributed by atoms with E-state index in [0.29, 0.717) is 25.3 Å². The first kappa shape index (κ1) is 22.1. The minimum absolute atomic E-state index is 0. The molecule has 1 aromatic rings. The Morgan fingerprint density at radius 2 is 2.24 bits per heavy atom. The molecule has 1 saturated heterocycles. The highest BCUT2D eigenvalue weighted by Gasteiger charge is 2.15. The lowest BCUT2D eigenvalue weighted by molar-refractivity contribution is 0.0420. The maximum atomic E-state index is 13.6. The Balaban J connectivity index is 0.00000312.